The van der Waals surface area contributed by atoms with Crippen molar-refractivity contribution in [2.75, 3.05) is 0 Å². The van der Waals surface area contributed by atoms with Crippen LogP contribution in [0.15, 0.2) is 54.6 Å². The second-order valence-corrected chi connectivity index (χ2v) is 5.53. The molecule has 4 nitrogen and oxygen atoms in total. The summed E-state index contributed by atoms with van der Waals surface area (Å²) < 4.78 is 2.21. The third-order valence-corrected chi connectivity index (χ3v) is 3.97. The van der Waals surface area contributed by atoms with Gasteiger partial charge in [-0.3, -0.25) is 4.79 Å². The topological polar surface area (TPSA) is 46.9 Å². The Morgan fingerprint density at radius 2 is 1.83 bits per heavy atom. The molecule has 0 bridgehead atoms. The lowest BCUT2D eigenvalue weighted by Crippen LogP contribution is -2.23. The van der Waals surface area contributed by atoms with Crippen LogP contribution in [0.4, 0.5) is 0 Å². The van der Waals surface area contributed by atoms with Gasteiger partial charge in [0.25, 0.3) is 0 Å². The molecule has 0 aliphatic carbocycles. The number of rotatable bonds is 6. The highest BCUT2D eigenvalue weighted by atomic mass is 16.1. The van der Waals surface area contributed by atoms with Crippen LogP contribution in [0.25, 0.3) is 11.0 Å². The predicted octanol–water partition coefficient (Wildman–Crippen LogP) is 3.31. The van der Waals surface area contributed by atoms with Crippen LogP contribution in [0.2, 0.25) is 0 Å². The molecule has 0 unspecified atom stereocenters. The Labute approximate surface area is 136 Å². The Hall–Kier alpha value is -2.62. The highest BCUT2D eigenvalue weighted by Crippen LogP contribution is 2.17. The Morgan fingerprint density at radius 1 is 1.09 bits per heavy atom. The van der Waals surface area contributed by atoms with Gasteiger partial charge in [0.05, 0.1) is 17.6 Å². The molecule has 2 aromatic carbocycles. The van der Waals surface area contributed by atoms with E-state index in [0.717, 1.165) is 29.8 Å². The van der Waals surface area contributed by atoms with Crippen molar-refractivity contribution < 1.29 is 4.79 Å². The molecule has 1 heterocycles. The Balaban J connectivity index is 1.84. The number of nitrogens with zero attached hydrogens (tertiary/aromatic N) is 2. The number of carbonyl (C=O) groups excluding carboxylic acids is 1. The zero-order valence-corrected chi connectivity index (χ0v) is 13.3. The van der Waals surface area contributed by atoms with Crippen molar-refractivity contribution in [2.45, 2.75) is 32.9 Å². The second-order valence-electron chi connectivity index (χ2n) is 5.53. The van der Waals surface area contributed by atoms with Gasteiger partial charge >= 0.3 is 0 Å². The number of aryl methyl sites for hydroxylation is 2. The SMILES string of the molecule is CCC(=O)NCc1nc2ccccc2n1CCc1ccccc1. The first kappa shape index (κ1) is 15.3. The van der Waals surface area contributed by atoms with E-state index >= 15 is 0 Å². The number of benzene rings is 2. The molecule has 3 rings (SSSR count). The van der Waals surface area contributed by atoms with Gasteiger partial charge < -0.3 is 9.88 Å². The molecular formula is C19H21N3O. The number of aromatic nitrogens is 2. The van der Waals surface area contributed by atoms with E-state index in [-0.39, 0.29) is 5.91 Å². The van der Waals surface area contributed by atoms with Gasteiger partial charge in [-0.2, -0.15) is 0 Å². The van der Waals surface area contributed by atoms with Crippen LogP contribution in [-0.4, -0.2) is 15.5 Å². The normalized spacial score (nSPS) is 10.8. The van der Waals surface area contributed by atoms with Crippen LogP contribution in [0, 0.1) is 0 Å². The fourth-order valence-corrected chi connectivity index (χ4v) is 2.70. The van der Waals surface area contributed by atoms with Gasteiger partial charge in [-0.1, -0.05) is 49.4 Å². The first-order valence-corrected chi connectivity index (χ1v) is 8.02. The zero-order valence-electron chi connectivity index (χ0n) is 13.3. The lowest BCUT2D eigenvalue weighted by molar-refractivity contribution is -0.120. The van der Waals surface area contributed by atoms with Crippen LogP contribution in [0.5, 0.6) is 0 Å². The van der Waals surface area contributed by atoms with E-state index in [1.54, 1.807) is 0 Å². The highest BCUT2D eigenvalue weighted by Gasteiger charge is 2.11. The maximum Gasteiger partial charge on any atom is 0.220 e. The van der Waals surface area contributed by atoms with Gasteiger partial charge in [-0.25, -0.2) is 4.98 Å². The Morgan fingerprint density at radius 3 is 2.61 bits per heavy atom. The van der Waals surface area contributed by atoms with Crippen molar-refractivity contribution in [3.63, 3.8) is 0 Å². The molecule has 0 saturated heterocycles. The minimum atomic E-state index is 0.0478. The molecule has 0 radical (unpaired) electrons. The Bertz CT molecular complexity index is 793. The first-order valence-electron chi connectivity index (χ1n) is 8.02. The summed E-state index contributed by atoms with van der Waals surface area (Å²) in [5, 5.41) is 2.93. The molecule has 3 aromatic rings. The van der Waals surface area contributed by atoms with Crippen LogP contribution in [-0.2, 0) is 24.3 Å². The minimum absolute atomic E-state index is 0.0478. The average Bonchev–Trinajstić information content (AvgIpc) is 2.96. The summed E-state index contributed by atoms with van der Waals surface area (Å²) in [6, 6.07) is 18.5. The summed E-state index contributed by atoms with van der Waals surface area (Å²) in [5.74, 6) is 0.954. The number of para-hydroxylation sites is 2. The maximum absolute atomic E-state index is 11.5. The summed E-state index contributed by atoms with van der Waals surface area (Å²) in [7, 11) is 0. The van der Waals surface area contributed by atoms with Crippen LogP contribution in [0.1, 0.15) is 24.7 Å². The second kappa shape index (κ2) is 7.09. The minimum Gasteiger partial charge on any atom is -0.349 e. The highest BCUT2D eigenvalue weighted by molar-refractivity contribution is 5.77. The summed E-state index contributed by atoms with van der Waals surface area (Å²) in [5.41, 5.74) is 3.39. The third-order valence-electron chi connectivity index (χ3n) is 3.97. The van der Waals surface area contributed by atoms with Gasteiger partial charge in [0, 0.05) is 13.0 Å². The van der Waals surface area contributed by atoms with E-state index in [0.29, 0.717) is 13.0 Å². The van der Waals surface area contributed by atoms with Gasteiger partial charge in [0.2, 0.25) is 5.91 Å². The Kier molecular flexibility index (Phi) is 4.71. The fraction of sp³-hybridized carbons (Fsp3) is 0.263. The van der Waals surface area contributed by atoms with Crippen LogP contribution < -0.4 is 5.32 Å². The molecule has 0 aliphatic heterocycles. The molecule has 1 amide bonds. The molecule has 1 aromatic heterocycles. The fourth-order valence-electron chi connectivity index (χ4n) is 2.70. The van der Waals surface area contributed by atoms with E-state index < -0.39 is 0 Å². The summed E-state index contributed by atoms with van der Waals surface area (Å²) in [6.07, 6.45) is 1.43. The lowest BCUT2D eigenvalue weighted by Gasteiger charge is -2.10. The van der Waals surface area contributed by atoms with Crippen molar-refractivity contribution in [2.24, 2.45) is 0 Å². The molecule has 1 N–H and O–H groups in total. The van der Waals surface area contributed by atoms with Crippen molar-refractivity contribution >= 4 is 16.9 Å². The molecule has 0 fully saturated rings. The quantitative estimate of drug-likeness (QED) is 0.759. The molecule has 4 heteroatoms. The monoisotopic (exact) mass is 307 g/mol. The number of imidazole rings is 1. The van der Waals surface area contributed by atoms with Crippen LogP contribution in [0.3, 0.4) is 0 Å². The molecular weight excluding hydrogens is 286 g/mol. The summed E-state index contributed by atoms with van der Waals surface area (Å²) in [4.78, 5) is 16.2. The average molecular weight is 307 g/mol. The number of amides is 1. The van der Waals surface area contributed by atoms with Crippen molar-refractivity contribution in [3.8, 4) is 0 Å². The number of nitrogens with one attached hydrogen (secondary N) is 1. The lowest BCUT2D eigenvalue weighted by atomic mass is 10.1. The maximum atomic E-state index is 11.5. The molecule has 0 spiro atoms. The predicted molar refractivity (Wildman–Crippen MR) is 92.0 cm³/mol. The summed E-state index contributed by atoms with van der Waals surface area (Å²) >= 11 is 0. The number of hydrogen-bond donors (Lipinski definition) is 1. The number of carbonyl (C=O) groups is 1. The van der Waals surface area contributed by atoms with Crippen molar-refractivity contribution in [1.29, 1.82) is 0 Å². The number of hydrogen-bond acceptors (Lipinski definition) is 2. The van der Waals surface area contributed by atoms with E-state index in [1.165, 1.54) is 5.56 Å². The van der Waals surface area contributed by atoms with E-state index in [1.807, 2.05) is 31.2 Å². The van der Waals surface area contributed by atoms with E-state index in [4.69, 9.17) is 0 Å². The van der Waals surface area contributed by atoms with Crippen molar-refractivity contribution in [3.05, 3.63) is 66.0 Å². The van der Waals surface area contributed by atoms with E-state index in [2.05, 4.69) is 45.2 Å². The smallest absolute Gasteiger partial charge is 0.220 e. The molecule has 23 heavy (non-hydrogen) atoms. The molecule has 118 valence electrons. The molecule has 0 aliphatic rings. The van der Waals surface area contributed by atoms with Gasteiger partial charge in [-0.15, -0.1) is 0 Å². The van der Waals surface area contributed by atoms with Crippen molar-refractivity contribution in [1.82, 2.24) is 14.9 Å². The van der Waals surface area contributed by atoms with Gasteiger partial charge in [0.1, 0.15) is 5.82 Å². The summed E-state index contributed by atoms with van der Waals surface area (Å²) in [6.45, 7) is 3.17. The van der Waals surface area contributed by atoms with Gasteiger partial charge in [-0.05, 0) is 24.1 Å². The van der Waals surface area contributed by atoms with Gasteiger partial charge in [0.15, 0.2) is 0 Å². The standard InChI is InChI=1S/C19H21N3O/c1-2-19(23)20-14-18-21-16-10-6-7-11-17(16)22(18)13-12-15-8-4-3-5-9-15/h3-11H,2,12-14H2,1H3,(H,20,23). The number of fused-ring (bicyclic) bond motifs is 1. The first-order chi connectivity index (χ1) is 11.3. The third kappa shape index (κ3) is 3.59. The largest absolute Gasteiger partial charge is 0.349 e. The zero-order chi connectivity index (χ0) is 16.1. The molecule has 0 atom stereocenters. The van der Waals surface area contributed by atoms with Crippen LogP contribution >= 0.6 is 0 Å². The van der Waals surface area contributed by atoms with E-state index in [9.17, 15) is 4.79 Å². The molecule has 0 saturated carbocycles.